The van der Waals surface area contributed by atoms with E-state index in [2.05, 4.69) is 30.6 Å². The lowest BCUT2D eigenvalue weighted by molar-refractivity contribution is -0.121. The van der Waals surface area contributed by atoms with Gasteiger partial charge in [0.2, 0.25) is 5.91 Å². The molecule has 11 heteroatoms. The highest BCUT2D eigenvalue weighted by molar-refractivity contribution is 5.97. The summed E-state index contributed by atoms with van der Waals surface area (Å²) >= 11 is 0. The van der Waals surface area contributed by atoms with E-state index >= 15 is 0 Å². The Morgan fingerprint density at radius 1 is 1.07 bits per heavy atom. The van der Waals surface area contributed by atoms with Crippen LogP contribution in [0.3, 0.4) is 0 Å². The number of aromatic nitrogens is 1. The van der Waals surface area contributed by atoms with Gasteiger partial charge in [0, 0.05) is 75.3 Å². The molecule has 3 aliphatic heterocycles. The Balaban J connectivity index is 1.41. The normalized spacial score (nSPS) is 23.8. The molecule has 0 spiro atoms. The van der Waals surface area contributed by atoms with Gasteiger partial charge in [0.15, 0.2) is 0 Å². The average molecular weight is 640 g/mol. The van der Waals surface area contributed by atoms with Crippen LogP contribution in [-0.2, 0) is 33.2 Å². The number of halogens is 1. The monoisotopic (exact) mass is 639 g/mol. The van der Waals surface area contributed by atoms with Gasteiger partial charge in [0.25, 0.3) is 5.56 Å². The standard InChI is InChI=1S/C35H50FN5O5/c1-23-17-39(28(18-38-13-14-45-21-24(38)2)19-40(23)33(44)46-34(3,4)5)20-30(42)41-22-35(6,7)31-29(41)16-26(32(43)37(31)8)15-25-9-11-27(36)12-10-25/h9-12,16,23-24,28H,13-15,17-22H2,1-8H3/t23-,24-,28+/m1/s1. The topological polar surface area (TPSA) is 87.6 Å². The molecule has 1 aromatic carbocycles. The molecule has 2 fully saturated rings. The molecular weight excluding hydrogens is 589 g/mol. The number of amides is 2. The molecule has 2 aromatic rings. The van der Waals surface area contributed by atoms with Gasteiger partial charge < -0.3 is 23.8 Å². The summed E-state index contributed by atoms with van der Waals surface area (Å²) < 4.78 is 26.7. The fourth-order valence-corrected chi connectivity index (χ4v) is 7.13. The number of fused-ring (bicyclic) bond motifs is 1. The Bertz CT molecular complexity index is 1500. The fraction of sp³-hybridized carbons (Fsp3) is 0.629. The Labute approximate surface area is 272 Å². The number of carbonyl (C=O) groups excluding carboxylic acids is 2. The van der Waals surface area contributed by atoms with Gasteiger partial charge in [-0.05, 0) is 58.4 Å². The lowest BCUT2D eigenvalue weighted by Crippen LogP contribution is -2.64. The number of nitrogens with zero attached hydrogens (tertiary/aromatic N) is 5. The van der Waals surface area contributed by atoms with Crippen LogP contribution in [0.2, 0.25) is 0 Å². The van der Waals surface area contributed by atoms with Crippen LogP contribution in [0.1, 0.15) is 65.3 Å². The highest BCUT2D eigenvalue weighted by Gasteiger charge is 2.43. The molecule has 0 aliphatic carbocycles. The van der Waals surface area contributed by atoms with E-state index in [4.69, 9.17) is 9.47 Å². The number of hydrogen-bond acceptors (Lipinski definition) is 7. The maximum Gasteiger partial charge on any atom is 0.410 e. The summed E-state index contributed by atoms with van der Waals surface area (Å²) in [6, 6.07) is 8.00. The Hall–Kier alpha value is -3.28. The average Bonchev–Trinajstić information content (AvgIpc) is 3.24. The van der Waals surface area contributed by atoms with Crippen molar-refractivity contribution in [2.45, 2.75) is 84.0 Å². The zero-order valence-corrected chi connectivity index (χ0v) is 28.6. The van der Waals surface area contributed by atoms with Gasteiger partial charge in [0.1, 0.15) is 11.4 Å². The third kappa shape index (κ3) is 7.31. The molecule has 10 nitrogen and oxygen atoms in total. The number of pyridine rings is 1. The van der Waals surface area contributed by atoms with Gasteiger partial charge in [-0.25, -0.2) is 9.18 Å². The van der Waals surface area contributed by atoms with E-state index in [1.807, 2.05) is 38.7 Å². The van der Waals surface area contributed by atoms with Gasteiger partial charge in [0.05, 0.1) is 31.1 Å². The van der Waals surface area contributed by atoms with Crippen LogP contribution in [0.5, 0.6) is 0 Å². The maximum atomic E-state index is 14.3. The van der Waals surface area contributed by atoms with Gasteiger partial charge in [-0.2, -0.15) is 0 Å². The lowest BCUT2D eigenvalue weighted by atomic mass is 9.90. The smallest absolute Gasteiger partial charge is 0.410 e. The molecule has 0 N–H and O–H groups in total. The molecule has 3 aliphatic rings. The van der Waals surface area contributed by atoms with Crippen molar-refractivity contribution in [1.82, 2.24) is 19.3 Å². The molecule has 1 aromatic heterocycles. The third-order valence-electron chi connectivity index (χ3n) is 9.43. The van der Waals surface area contributed by atoms with E-state index in [1.165, 1.54) is 12.1 Å². The number of rotatable bonds is 6. The number of anilines is 1. The summed E-state index contributed by atoms with van der Waals surface area (Å²) in [7, 11) is 1.77. The first-order valence-corrected chi connectivity index (χ1v) is 16.4. The SMILES string of the molecule is C[C@@H]1COCCN1C[C@H]1CN(C(=O)OC(C)(C)C)[C@H](C)CN1CC(=O)N1CC(C)(C)c2c1cc(Cc1ccc(F)cc1)c(=O)n2C. The number of benzene rings is 1. The van der Waals surface area contributed by atoms with Crippen molar-refractivity contribution >= 4 is 17.7 Å². The largest absolute Gasteiger partial charge is 0.444 e. The van der Waals surface area contributed by atoms with Gasteiger partial charge in [-0.15, -0.1) is 0 Å². The summed E-state index contributed by atoms with van der Waals surface area (Å²) in [6.07, 6.45) is 0.00272. The van der Waals surface area contributed by atoms with E-state index in [0.717, 1.165) is 23.5 Å². The Kier molecular flexibility index (Phi) is 9.69. The zero-order valence-electron chi connectivity index (χ0n) is 28.6. The van der Waals surface area contributed by atoms with E-state index in [-0.39, 0.29) is 48.0 Å². The molecule has 2 amide bonds. The molecule has 0 unspecified atom stereocenters. The molecule has 2 saturated heterocycles. The minimum Gasteiger partial charge on any atom is -0.444 e. The molecule has 46 heavy (non-hydrogen) atoms. The first-order valence-electron chi connectivity index (χ1n) is 16.4. The molecule has 4 heterocycles. The van der Waals surface area contributed by atoms with Crippen molar-refractivity contribution < 1.29 is 23.5 Å². The maximum absolute atomic E-state index is 14.3. The Morgan fingerprint density at radius 2 is 1.76 bits per heavy atom. The van der Waals surface area contributed by atoms with Crippen LogP contribution in [-0.4, -0.2) is 107 Å². The quantitative estimate of drug-likeness (QED) is 0.476. The molecule has 0 bridgehead atoms. The predicted octanol–water partition coefficient (Wildman–Crippen LogP) is 3.77. The number of ether oxygens (including phenoxy) is 2. The van der Waals surface area contributed by atoms with Crippen molar-refractivity contribution in [3.8, 4) is 0 Å². The second kappa shape index (κ2) is 13.1. The van der Waals surface area contributed by atoms with E-state index in [9.17, 15) is 18.8 Å². The van der Waals surface area contributed by atoms with Crippen molar-refractivity contribution in [2.24, 2.45) is 7.05 Å². The molecule has 3 atom stereocenters. The van der Waals surface area contributed by atoms with Crippen molar-refractivity contribution in [3.05, 3.63) is 63.3 Å². The second-order valence-electron chi connectivity index (χ2n) is 14.9. The lowest BCUT2D eigenvalue weighted by Gasteiger charge is -2.47. The van der Waals surface area contributed by atoms with E-state index < -0.39 is 11.0 Å². The summed E-state index contributed by atoms with van der Waals surface area (Å²) in [5.41, 5.74) is 1.80. The van der Waals surface area contributed by atoms with Crippen LogP contribution in [0, 0.1) is 5.82 Å². The second-order valence-corrected chi connectivity index (χ2v) is 14.9. The van der Waals surface area contributed by atoms with Crippen LogP contribution in [0.4, 0.5) is 14.9 Å². The molecule has 0 saturated carbocycles. The van der Waals surface area contributed by atoms with Crippen LogP contribution < -0.4 is 10.5 Å². The summed E-state index contributed by atoms with van der Waals surface area (Å²) in [4.78, 5) is 49.2. The number of morpholine rings is 1. The van der Waals surface area contributed by atoms with Crippen LogP contribution in [0.15, 0.2) is 35.1 Å². The first kappa shape index (κ1) is 34.1. The molecular formula is C35H50FN5O5. The van der Waals surface area contributed by atoms with Crippen molar-refractivity contribution in [1.29, 1.82) is 0 Å². The highest BCUT2D eigenvalue weighted by Crippen LogP contribution is 2.40. The van der Waals surface area contributed by atoms with Crippen molar-refractivity contribution in [3.63, 3.8) is 0 Å². The summed E-state index contributed by atoms with van der Waals surface area (Å²) in [6.45, 7) is 18.3. The molecule has 0 radical (unpaired) electrons. The van der Waals surface area contributed by atoms with Crippen LogP contribution in [0.25, 0.3) is 0 Å². The van der Waals surface area contributed by atoms with Gasteiger partial charge in [-0.1, -0.05) is 26.0 Å². The molecule has 5 rings (SSSR count). The van der Waals surface area contributed by atoms with Crippen LogP contribution >= 0.6 is 0 Å². The van der Waals surface area contributed by atoms with Gasteiger partial charge in [-0.3, -0.25) is 19.4 Å². The minimum atomic E-state index is -0.607. The van der Waals surface area contributed by atoms with E-state index in [0.29, 0.717) is 51.4 Å². The first-order chi connectivity index (χ1) is 21.5. The number of carbonyl (C=O) groups is 2. The fourth-order valence-electron chi connectivity index (χ4n) is 7.13. The number of piperazine rings is 1. The number of hydrogen-bond donors (Lipinski definition) is 0. The predicted molar refractivity (Wildman–Crippen MR) is 176 cm³/mol. The minimum absolute atomic E-state index is 0.0452. The Morgan fingerprint density at radius 3 is 2.41 bits per heavy atom. The highest BCUT2D eigenvalue weighted by atomic mass is 19.1. The third-order valence-corrected chi connectivity index (χ3v) is 9.43. The molecule has 252 valence electrons. The van der Waals surface area contributed by atoms with Gasteiger partial charge >= 0.3 is 6.09 Å². The van der Waals surface area contributed by atoms with Crippen molar-refractivity contribution in [2.75, 3.05) is 57.4 Å². The summed E-state index contributed by atoms with van der Waals surface area (Å²) in [5, 5.41) is 0. The zero-order chi connectivity index (χ0) is 33.6. The summed E-state index contributed by atoms with van der Waals surface area (Å²) in [5.74, 6) is -0.372. The van der Waals surface area contributed by atoms with E-state index in [1.54, 1.807) is 28.6 Å².